The van der Waals surface area contributed by atoms with Gasteiger partial charge in [-0.15, -0.1) is 18.3 Å². The van der Waals surface area contributed by atoms with E-state index in [2.05, 4.69) is 26.7 Å². The van der Waals surface area contributed by atoms with Crippen molar-refractivity contribution >= 4 is 29.5 Å². The summed E-state index contributed by atoms with van der Waals surface area (Å²) in [5.74, 6) is 6.44. The summed E-state index contributed by atoms with van der Waals surface area (Å²) in [6.07, 6.45) is 1.95. The first-order valence-corrected chi connectivity index (χ1v) is 7.62. The zero-order valence-electron chi connectivity index (χ0n) is 13.7. The molecular formula is C15H21ClN6O2. The first kappa shape index (κ1) is 18.1. The quantitative estimate of drug-likeness (QED) is 0.728. The van der Waals surface area contributed by atoms with Crippen molar-refractivity contribution in [2.45, 2.75) is 32.4 Å². The number of fused-ring (bicyclic) bond motifs is 1. The maximum Gasteiger partial charge on any atom is 0.329 e. The molecule has 3 heterocycles. The maximum atomic E-state index is 12.5. The van der Waals surface area contributed by atoms with Gasteiger partial charge in [-0.05, 0) is 19.8 Å². The molecule has 9 heteroatoms. The number of hydrogen-bond acceptors (Lipinski definition) is 5. The van der Waals surface area contributed by atoms with Gasteiger partial charge in [-0.3, -0.25) is 18.9 Å². The summed E-state index contributed by atoms with van der Waals surface area (Å²) in [4.78, 5) is 33.5. The summed E-state index contributed by atoms with van der Waals surface area (Å²) in [7, 11) is 1.44. The molecule has 3 rings (SSSR count). The van der Waals surface area contributed by atoms with Crippen molar-refractivity contribution in [3.05, 3.63) is 20.8 Å². The van der Waals surface area contributed by atoms with Gasteiger partial charge in [0.25, 0.3) is 5.56 Å². The Morgan fingerprint density at radius 2 is 2.17 bits per heavy atom. The van der Waals surface area contributed by atoms with Crippen LogP contribution in [-0.4, -0.2) is 38.2 Å². The lowest BCUT2D eigenvalue weighted by molar-refractivity contribution is 0.496. The van der Waals surface area contributed by atoms with Gasteiger partial charge >= 0.3 is 5.69 Å². The first-order valence-electron chi connectivity index (χ1n) is 7.62. The minimum atomic E-state index is -0.476. The van der Waals surface area contributed by atoms with Gasteiger partial charge in [-0.25, -0.2) is 4.79 Å². The van der Waals surface area contributed by atoms with E-state index in [0.29, 0.717) is 30.2 Å². The molecule has 0 unspecified atom stereocenters. The molecule has 130 valence electrons. The van der Waals surface area contributed by atoms with E-state index in [4.69, 9.17) is 5.73 Å². The Balaban J connectivity index is 0.00000208. The van der Waals surface area contributed by atoms with E-state index in [0.717, 1.165) is 24.0 Å². The highest BCUT2D eigenvalue weighted by molar-refractivity contribution is 5.85. The highest BCUT2D eigenvalue weighted by atomic mass is 35.5. The normalized spacial score (nSPS) is 17.3. The number of aromatic amines is 1. The Morgan fingerprint density at radius 1 is 1.42 bits per heavy atom. The van der Waals surface area contributed by atoms with Crippen LogP contribution in [0.2, 0.25) is 0 Å². The SMILES string of the molecule is CC#CCn1c(N2CCC[C@@H](N)C2)nc2[nH]c(=O)n(C)c(=O)c21.Cl. The lowest BCUT2D eigenvalue weighted by atomic mass is 10.1. The van der Waals surface area contributed by atoms with Gasteiger partial charge in [0.2, 0.25) is 5.95 Å². The minimum absolute atomic E-state index is 0. The second kappa shape index (κ2) is 7.11. The van der Waals surface area contributed by atoms with Crippen LogP contribution in [0.25, 0.3) is 11.2 Å². The number of halogens is 1. The largest absolute Gasteiger partial charge is 0.341 e. The van der Waals surface area contributed by atoms with Gasteiger partial charge in [-0.1, -0.05) is 5.92 Å². The van der Waals surface area contributed by atoms with Crippen LogP contribution in [0.5, 0.6) is 0 Å². The van der Waals surface area contributed by atoms with Crippen LogP contribution < -0.4 is 21.9 Å². The molecule has 2 aromatic rings. The Bertz CT molecular complexity index is 916. The lowest BCUT2D eigenvalue weighted by Gasteiger charge is -2.31. The molecule has 1 atom stereocenters. The van der Waals surface area contributed by atoms with Crippen LogP contribution in [0.4, 0.5) is 5.95 Å². The number of nitrogens with two attached hydrogens (primary N) is 1. The number of imidazole rings is 1. The highest BCUT2D eigenvalue weighted by Crippen LogP contribution is 2.21. The molecule has 0 aliphatic carbocycles. The summed E-state index contributed by atoms with van der Waals surface area (Å²) >= 11 is 0. The molecular weight excluding hydrogens is 332 g/mol. The zero-order valence-corrected chi connectivity index (χ0v) is 14.5. The molecule has 1 fully saturated rings. The molecule has 0 spiro atoms. The Labute approximate surface area is 145 Å². The first-order chi connectivity index (χ1) is 11.0. The molecule has 0 amide bonds. The summed E-state index contributed by atoms with van der Waals surface area (Å²) in [6.45, 7) is 3.58. The molecule has 1 saturated heterocycles. The molecule has 0 saturated carbocycles. The number of nitrogens with one attached hydrogen (secondary N) is 1. The molecule has 2 aromatic heterocycles. The van der Waals surface area contributed by atoms with E-state index in [1.54, 1.807) is 11.5 Å². The van der Waals surface area contributed by atoms with Gasteiger partial charge < -0.3 is 10.6 Å². The third-order valence-corrected chi connectivity index (χ3v) is 4.14. The van der Waals surface area contributed by atoms with Gasteiger partial charge in [-0.2, -0.15) is 4.98 Å². The van der Waals surface area contributed by atoms with Crippen LogP contribution in [0, 0.1) is 11.8 Å². The number of H-pyrrole nitrogens is 1. The predicted octanol–water partition coefficient (Wildman–Crippen LogP) is -0.204. The van der Waals surface area contributed by atoms with Crippen molar-refractivity contribution in [3.63, 3.8) is 0 Å². The molecule has 1 aliphatic rings. The van der Waals surface area contributed by atoms with Crippen molar-refractivity contribution in [1.29, 1.82) is 0 Å². The van der Waals surface area contributed by atoms with Crippen LogP contribution in [-0.2, 0) is 13.6 Å². The molecule has 8 nitrogen and oxygen atoms in total. The van der Waals surface area contributed by atoms with Crippen LogP contribution in [0.3, 0.4) is 0 Å². The minimum Gasteiger partial charge on any atom is -0.341 e. The van der Waals surface area contributed by atoms with Crippen LogP contribution in [0.15, 0.2) is 9.59 Å². The van der Waals surface area contributed by atoms with Crippen LogP contribution >= 0.6 is 12.4 Å². The number of nitrogens with zero attached hydrogens (tertiary/aromatic N) is 4. The Morgan fingerprint density at radius 3 is 2.83 bits per heavy atom. The smallest absolute Gasteiger partial charge is 0.329 e. The fourth-order valence-corrected chi connectivity index (χ4v) is 2.92. The van der Waals surface area contributed by atoms with Gasteiger partial charge in [0.05, 0.1) is 6.54 Å². The molecule has 0 aromatic carbocycles. The summed E-state index contributed by atoms with van der Waals surface area (Å²) in [6, 6.07) is 0.0798. The number of anilines is 1. The van der Waals surface area contributed by atoms with E-state index in [1.165, 1.54) is 7.05 Å². The van der Waals surface area contributed by atoms with E-state index in [1.807, 2.05) is 0 Å². The van der Waals surface area contributed by atoms with Crippen molar-refractivity contribution in [1.82, 2.24) is 19.1 Å². The lowest BCUT2D eigenvalue weighted by Crippen LogP contribution is -2.44. The molecule has 0 radical (unpaired) electrons. The number of aromatic nitrogens is 4. The second-order valence-electron chi connectivity index (χ2n) is 5.76. The molecule has 3 N–H and O–H groups in total. The van der Waals surface area contributed by atoms with Crippen molar-refractivity contribution in [2.24, 2.45) is 12.8 Å². The van der Waals surface area contributed by atoms with Crippen molar-refractivity contribution in [3.8, 4) is 11.8 Å². The molecule has 24 heavy (non-hydrogen) atoms. The fraction of sp³-hybridized carbons (Fsp3) is 0.533. The standard InChI is InChI=1S/C15H20N6O2.ClH/c1-3-4-8-21-11-12(18-15(23)19(2)13(11)22)17-14(21)20-7-5-6-10(16)9-20;/h10H,5-9,16H2,1-2H3,(H,18,23);1H/t10-;/m1./s1. The van der Waals surface area contributed by atoms with Gasteiger partial charge in [0.1, 0.15) is 0 Å². The predicted molar refractivity (Wildman–Crippen MR) is 95.7 cm³/mol. The summed E-state index contributed by atoms with van der Waals surface area (Å²) in [5.41, 5.74) is 5.87. The van der Waals surface area contributed by atoms with E-state index < -0.39 is 5.69 Å². The molecule has 1 aliphatic heterocycles. The Hall–Kier alpha value is -2.24. The Kier molecular flexibility index (Phi) is 5.36. The topological polar surface area (TPSA) is 102 Å². The van der Waals surface area contributed by atoms with Crippen molar-refractivity contribution in [2.75, 3.05) is 18.0 Å². The maximum absolute atomic E-state index is 12.5. The third kappa shape index (κ3) is 3.05. The van der Waals surface area contributed by atoms with E-state index in [-0.39, 0.29) is 24.0 Å². The van der Waals surface area contributed by atoms with Gasteiger partial charge in [0.15, 0.2) is 11.2 Å². The number of piperidine rings is 1. The summed E-state index contributed by atoms with van der Waals surface area (Å²) < 4.78 is 2.81. The van der Waals surface area contributed by atoms with Crippen molar-refractivity contribution < 1.29 is 0 Å². The van der Waals surface area contributed by atoms with E-state index >= 15 is 0 Å². The third-order valence-electron chi connectivity index (χ3n) is 4.14. The monoisotopic (exact) mass is 352 g/mol. The van der Waals surface area contributed by atoms with Crippen LogP contribution in [0.1, 0.15) is 19.8 Å². The fourth-order valence-electron chi connectivity index (χ4n) is 2.92. The highest BCUT2D eigenvalue weighted by Gasteiger charge is 2.24. The molecule has 0 bridgehead atoms. The second-order valence-corrected chi connectivity index (χ2v) is 5.76. The average Bonchev–Trinajstić information content (AvgIpc) is 2.89. The van der Waals surface area contributed by atoms with E-state index in [9.17, 15) is 9.59 Å². The average molecular weight is 353 g/mol. The van der Waals surface area contributed by atoms with Gasteiger partial charge in [0, 0.05) is 26.2 Å². The summed E-state index contributed by atoms with van der Waals surface area (Å²) in [5, 5.41) is 0. The number of hydrogen-bond donors (Lipinski definition) is 2. The zero-order chi connectivity index (χ0) is 16.6. The number of rotatable bonds is 2.